The van der Waals surface area contributed by atoms with Crippen LogP contribution in [0.2, 0.25) is 0 Å². The molecule has 1 rings (SSSR count). The molecule has 0 spiro atoms. The highest BCUT2D eigenvalue weighted by molar-refractivity contribution is 5.16. The zero-order valence-electron chi connectivity index (χ0n) is 10.7. The third kappa shape index (κ3) is 6.39. The quantitative estimate of drug-likeness (QED) is 0.704. The highest BCUT2D eigenvalue weighted by Crippen LogP contribution is 2.05. The third-order valence-electron chi connectivity index (χ3n) is 2.37. The SMILES string of the molecule is CC(C)COCCCNCc1ccccc1F. The van der Waals surface area contributed by atoms with Crippen molar-refractivity contribution in [1.29, 1.82) is 0 Å². The molecule has 0 aliphatic rings. The van der Waals surface area contributed by atoms with Gasteiger partial charge in [0.1, 0.15) is 5.82 Å². The van der Waals surface area contributed by atoms with Crippen molar-refractivity contribution in [3.05, 3.63) is 35.6 Å². The molecule has 0 unspecified atom stereocenters. The lowest BCUT2D eigenvalue weighted by molar-refractivity contribution is 0.108. The van der Waals surface area contributed by atoms with Crippen molar-refractivity contribution >= 4 is 0 Å². The van der Waals surface area contributed by atoms with Crippen LogP contribution in [0.1, 0.15) is 25.8 Å². The van der Waals surface area contributed by atoms with E-state index >= 15 is 0 Å². The smallest absolute Gasteiger partial charge is 0.127 e. The summed E-state index contributed by atoms with van der Waals surface area (Å²) in [6.45, 7) is 7.28. The first-order valence-corrected chi connectivity index (χ1v) is 6.22. The Morgan fingerprint density at radius 3 is 2.76 bits per heavy atom. The van der Waals surface area contributed by atoms with E-state index in [1.54, 1.807) is 12.1 Å². The molecule has 0 saturated heterocycles. The molecule has 1 aromatic carbocycles. The lowest BCUT2D eigenvalue weighted by Gasteiger charge is -2.08. The van der Waals surface area contributed by atoms with Gasteiger partial charge in [0.2, 0.25) is 0 Å². The van der Waals surface area contributed by atoms with Gasteiger partial charge in [-0.1, -0.05) is 32.0 Å². The molecule has 0 atom stereocenters. The number of ether oxygens (including phenoxy) is 1. The Balaban J connectivity index is 2.03. The van der Waals surface area contributed by atoms with Crippen molar-refractivity contribution in [2.45, 2.75) is 26.8 Å². The van der Waals surface area contributed by atoms with Gasteiger partial charge in [0, 0.05) is 25.3 Å². The summed E-state index contributed by atoms with van der Waals surface area (Å²) >= 11 is 0. The second-order valence-electron chi connectivity index (χ2n) is 4.59. The molecular formula is C14H22FNO. The standard InChI is InChI=1S/C14H22FNO/c1-12(2)11-17-9-5-8-16-10-13-6-3-4-7-14(13)15/h3-4,6-7,12,16H,5,8-11H2,1-2H3. The zero-order chi connectivity index (χ0) is 12.5. The second kappa shape index (κ2) is 8.20. The molecule has 96 valence electrons. The third-order valence-corrected chi connectivity index (χ3v) is 2.37. The van der Waals surface area contributed by atoms with Crippen LogP contribution in [0.15, 0.2) is 24.3 Å². The van der Waals surface area contributed by atoms with Crippen LogP contribution in [0.25, 0.3) is 0 Å². The maximum absolute atomic E-state index is 13.2. The van der Waals surface area contributed by atoms with Crippen molar-refractivity contribution in [2.75, 3.05) is 19.8 Å². The molecule has 0 aromatic heterocycles. The Hall–Kier alpha value is -0.930. The molecule has 0 heterocycles. The summed E-state index contributed by atoms with van der Waals surface area (Å²) in [5, 5.41) is 3.21. The topological polar surface area (TPSA) is 21.3 Å². The minimum Gasteiger partial charge on any atom is -0.381 e. The Morgan fingerprint density at radius 2 is 2.06 bits per heavy atom. The monoisotopic (exact) mass is 239 g/mol. The second-order valence-corrected chi connectivity index (χ2v) is 4.59. The molecule has 0 radical (unpaired) electrons. The molecule has 17 heavy (non-hydrogen) atoms. The average molecular weight is 239 g/mol. The number of hydrogen-bond donors (Lipinski definition) is 1. The van der Waals surface area contributed by atoms with Crippen LogP contribution in [0.5, 0.6) is 0 Å². The number of rotatable bonds is 8. The number of hydrogen-bond acceptors (Lipinski definition) is 2. The van der Waals surface area contributed by atoms with Crippen LogP contribution in [0, 0.1) is 11.7 Å². The average Bonchev–Trinajstić information content (AvgIpc) is 2.30. The van der Waals surface area contributed by atoms with Crippen molar-refractivity contribution in [1.82, 2.24) is 5.32 Å². The van der Waals surface area contributed by atoms with Crippen molar-refractivity contribution in [2.24, 2.45) is 5.92 Å². The molecule has 0 saturated carbocycles. The number of halogens is 1. The van der Waals surface area contributed by atoms with E-state index in [9.17, 15) is 4.39 Å². The van der Waals surface area contributed by atoms with Crippen LogP contribution in [-0.4, -0.2) is 19.8 Å². The molecule has 0 bridgehead atoms. The van der Waals surface area contributed by atoms with Gasteiger partial charge in [0.15, 0.2) is 0 Å². The minimum absolute atomic E-state index is 0.143. The maximum atomic E-state index is 13.2. The molecule has 1 N–H and O–H groups in total. The fourth-order valence-electron chi connectivity index (χ4n) is 1.48. The maximum Gasteiger partial charge on any atom is 0.127 e. The van der Waals surface area contributed by atoms with Gasteiger partial charge in [0.05, 0.1) is 0 Å². The lowest BCUT2D eigenvalue weighted by Crippen LogP contribution is -2.17. The van der Waals surface area contributed by atoms with Gasteiger partial charge in [0.25, 0.3) is 0 Å². The first kappa shape index (κ1) is 14.1. The number of nitrogens with one attached hydrogen (secondary N) is 1. The van der Waals surface area contributed by atoms with Gasteiger partial charge < -0.3 is 10.1 Å². The molecule has 0 fully saturated rings. The summed E-state index contributed by atoms with van der Waals surface area (Å²) in [7, 11) is 0. The van der Waals surface area contributed by atoms with E-state index in [1.807, 2.05) is 6.07 Å². The summed E-state index contributed by atoms with van der Waals surface area (Å²) in [6.07, 6.45) is 0.959. The first-order valence-electron chi connectivity index (χ1n) is 6.22. The van der Waals surface area contributed by atoms with Gasteiger partial charge in [-0.15, -0.1) is 0 Å². The summed E-state index contributed by atoms with van der Waals surface area (Å²) in [5.41, 5.74) is 0.718. The van der Waals surface area contributed by atoms with Crippen LogP contribution >= 0.6 is 0 Å². The molecule has 0 amide bonds. The summed E-state index contributed by atoms with van der Waals surface area (Å²) in [4.78, 5) is 0. The van der Waals surface area contributed by atoms with Gasteiger partial charge >= 0.3 is 0 Å². The Kier molecular flexibility index (Phi) is 6.82. The van der Waals surface area contributed by atoms with Crippen LogP contribution in [0.3, 0.4) is 0 Å². The van der Waals surface area contributed by atoms with E-state index in [0.717, 1.165) is 31.7 Å². The minimum atomic E-state index is -0.143. The summed E-state index contributed by atoms with van der Waals surface area (Å²) < 4.78 is 18.7. The lowest BCUT2D eigenvalue weighted by atomic mass is 10.2. The van der Waals surface area contributed by atoms with E-state index < -0.39 is 0 Å². The zero-order valence-corrected chi connectivity index (χ0v) is 10.7. The van der Waals surface area contributed by atoms with Crippen molar-refractivity contribution in [3.8, 4) is 0 Å². The summed E-state index contributed by atoms with van der Waals surface area (Å²) in [5.74, 6) is 0.442. The Bertz CT molecular complexity index is 315. The van der Waals surface area contributed by atoms with E-state index in [1.165, 1.54) is 6.07 Å². The van der Waals surface area contributed by atoms with Crippen LogP contribution < -0.4 is 5.32 Å². The van der Waals surface area contributed by atoms with Gasteiger partial charge in [-0.25, -0.2) is 4.39 Å². The van der Waals surface area contributed by atoms with E-state index in [4.69, 9.17) is 4.74 Å². The molecule has 0 aliphatic heterocycles. The van der Waals surface area contributed by atoms with Gasteiger partial charge in [-0.2, -0.15) is 0 Å². The predicted molar refractivity (Wildman–Crippen MR) is 68.4 cm³/mol. The fraction of sp³-hybridized carbons (Fsp3) is 0.571. The molecule has 2 nitrogen and oxygen atoms in total. The highest BCUT2D eigenvalue weighted by Gasteiger charge is 1.99. The van der Waals surface area contributed by atoms with Crippen LogP contribution in [-0.2, 0) is 11.3 Å². The fourth-order valence-corrected chi connectivity index (χ4v) is 1.48. The van der Waals surface area contributed by atoms with Gasteiger partial charge in [-0.3, -0.25) is 0 Å². The largest absolute Gasteiger partial charge is 0.381 e. The highest BCUT2D eigenvalue weighted by atomic mass is 19.1. The summed E-state index contributed by atoms with van der Waals surface area (Å²) in [6, 6.07) is 6.85. The Morgan fingerprint density at radius 1 is 1.29 bits per heavy atom. The van der Waals surface area contributed by atoms with E-state index in [0.29, 0.717) is 12.5 Å². The Labute approximate surface area is 103 Å². The van der Waals surface area contributed by atoms with Crippen molar-refractivity contribution in [3.63, 3.8) is 0 Å². The first-order chi connectivity index (χ1) is 8.20. The molecule has 1 aromatic rings. The molecule has 3 heteroatoms. The van der Waals surface area contributed by atoms with Crippen LogP contribution in [0.4, 0.5) is 4.39 Å². The predicted octanol–water partition coefficient (Wildman–Crippen LogP) is 2.98. The molecule has 0 aliphatic carbocycles. The van der Waals surface area contributed by atoms with Gasteiger partial charge in [-0.05, 0) is 24.9 Å². The molecular weight excluding hydrogens is 217 g/mol. The van der Waals surface area contributed by atoms with Crippen molar-refractivity contribution < 1.29 is 9.13 Å². The normalized spacial score (nSPS) is 11.1. The van der Waals surface area contributed by atoms with E-state index in [-0.39, 0.29) is 5.82 Å². The number of benzene rings is 1. The van der Waals surface area contributed by atoms with E-state index in [2.05, 4.69) is 19.2 Å².